The van der Waals surface area contributed by atoms with E-state index in [0.717, 1.165) is 16.2 Å². The third kappa shape index (κ3) is 3.52. The van der Waals surface area contributed by atoms with Crippen molar-refractivity contribution in [3.05, 3.63) is 17.0 Å². The highest BCUT2D eigenvalue weighted by molar-refractivity contribution is 7.91. The van der Waals surface area contributed by atoms with Crippen LogP contribution in [0.4, 0.5) is 0 Å². The zero-order chi connectivity index (χ0) is 13.2. The molecule has 96 valence electrons. The van der Waals surface area contributed by atoms with E-state index in [1.165, 1.54) is 6.07 Å². The predicted octanol–water partition coefficient (Wildman–Crippen LogP) is 1.44. The lowest BCUT2D eigenvalue weighted by Gasteiger charge is -2.17. The van der Waals surface area contributed by atoms with E-state index >= 15 is 0 Å². The summed E-state index contributed by atoms with van der Waals surface area (Å²) in [5.41, 5.74) is 0. The quantitative estimate of drug-likeness (QED) is 0.853. The first-order chi connectivity index (χ1) is 7.74. The number of sulfonamides is 1. The Balaban J connectivity index is 2.97. The maximum Gasteiger partial charge on any atom is 0.322 e. The molecule has 1 aromatic rings. The number of rotatable bonds is 5. The molecule has 0 spiro atoms. The lowest BCUT2D eigenvalue weighted by Crippen LogP contribution is -2.43. The second-order valence-corrected chi connectivity index (χ2v) is 7.28. The summed E-state index contributed by atoms with van der Waals surface area (Å²) in [5.74, 6) is -1.49. The lowest BCUT2D eigenvalue weighted by molar-refractivity contribution is -0.140. The van der Waals surface area contributed by atoms with Gasteiger partial charge in [-0.1, -0.05) is 13.8 Å². The van der Waals surface area contributed by atoms with Crippen molar-refractivity contribution < 1.29 is 18.3 Å². The number of hydrogen-bond donors (Lipinski definition) is 2. The maximum atomic E-state index is 11.9. The number of hydrogen-bond acceptors (Lipinski definition) is 4. The maximum absolute atomic E-state index is 11.9. The van der Waals surface area contributed by atoms with Crippen molar-refractivity contribution in [1.82, 2.24) is 4.72 Å². The first kappa shape index (κ1) is 14.1. The number of thiophene rings is 1. The van der Waals surface area contributed by atoms with Crippen molar-refractivity contribution in [3.8, 4) is 0 Å². The Bertz CT molecular complexity index is 504. The van der Waals surface area contributed by atoms with Gasteiger partial charge in [-0.05, 0) is 25.0 Å². The van der Waals surface area contributed by atoms with Crippen LogP contribution in [0.25, 0.3) is 0 Å². The average molecular weight is 277 g/mol. The second kappa shape index (κ2) is 5.16. The van der Waals surface area contributed by atoms with E-state index in [2.05, 4.69) is 4.72 Å². The van der Waals surface area contributed by atoms with E-state index in [0.29, 0.717) is 0 Å². The second-order valence-electron chi connectivity index (χ2n) is 4.05. The fourth-order valence-electron chi connectivity index (χ4n) is 1.25. The van der Waals surface area contributed by atoms with Gasteiger partial charge in [0, 0.05) is 4.88 Å². The van der Waals surface area contributed by atoms with Crippen molar-refractivity contribution in [1.29, 1.82) is 0 Å². The summed E-state index contributed by atoms with van der Waals surface area (Å²) in [6.07, 6.45) is 0. The van der Waals surface area contributed by atoms with E-state index in [1.807, 2.05) is 0 Å². The summed E-state index contributed by atoms with van der Waals surface area (Å²) in [6, 6.07) is 2.05. The van der Waals surface area contributed by atoms with Crippen LogP contribution in [0.2, 0.25) is 0 Å². The molecule has 0 fully saturated rings. The molecule has 7 heteroatoms. The highest BCUT2D eigenvalue weighted by Crippen LogP contribution is 2.21. The molecule has 1 unspecified atom stereocenters. The molecule has 5 nitrogen and oxygen atoms in total. The molecule has 0 radical (unpaired) electrons. The smallest absolute Gasteiger partial charge is 0.322 e. The molecule has 1 rings (SSSR count). The van der Waals surface area contributed by atoms with Crippen molar-refractivity contribution in [2.75, 3.05) is 0 Å². The van der Waals surface area contributed by atoms with Crippen LogP contribution in [-0.4, -0.2) is 25.5 Å². The summed E-state index contributed by atoms with van der Waals surface area (Å²) < 4.78 is 26.1. The van der Waals surface area contributed by atoms with Crippen molar-refractivity contribution in [2.45, 2.75) is 31.0 Å². The van der Waals surface area contributed by atoms with Gasteiger partial charge in [-0.15, -0.1) is 11.3 Å². The van der Waals surface area contributed by atoms with E-state index in [9.17, 15) is 13.2 Å². The molecular weight excluding hydrogens is 262 g/mol. The number of carbonyl (C=O) groups is 1. The largest absolute Gasteiger partial charge is 0.480 e. The van der Waals surface area contributed by atoms with Crippen LogP contribution in [-0.2, 0) is 14.8 Å². The van der Waals surface area contributed by atoms with Gasteiger partial charge >= 0.3 is 5.97 Å². The van der Waals surface area contributed by atoms with Gasteiger partial charge in [0.05, 0.1) is 0 Å². The fourth-order valence-corrected chi connectivity index (χ4v) is 3.89. The van der Waals surface area contributed by atoms with Crippen molar-refractivity contribution in [2.24, 2.45) is 5.92 Å². The van der Waals surface area contributed by atoms with Gasteiger partial charge in [0.25, 0.3) is 10.0 Å². The molecule has 0 amide bonds. The minimum atomic E-state index is -3.74. The average Bonchev–Trinajstić information content (AvgIpc) is 2.61. The van der Waals surface area contributed by atoms with E-state index in [1.54, 1.807) is 26.8 Å². The van der Waals surface area contributed by atoms with Crippen molar-refractivity contribution >= 4 is 27.3 Å². The molecular formula is C10H15NO4S2. The van der Waals surface area contributed by atoms with Crippen LogP contribution < -0.4 is 4.72 Å². The molecule has 0 aliphatic rings. The first-order valence-corrected chi connectivity index (χ1v) is 7.35. The Labute approximate surface area is 105 Å². The Kier molecular flexibility index (Phi) is 4.29. The van der Waals surface area contributed by atoms with E-state index < -0.39 is 22.0 Å². The molecule has 0 saturated carbocycles. The summed E-state index contributed by atoms with van der Waals surface area (Å²) >= 11 is 1.12. The number of aliphatic carboxylic acids is 1. The van der Waals surface area contributed by atoms with Gasteiger partial charge < -0.3 is 5.11 Å². The summed E-state index contributed by atoms with van der Waals surface area (Å²) in [7, 11) is -3.74. The highest BCUT2D eigenvalue weighted by Gasteiger charge is 2.28. The third-order valence-corrected chi connectivity index (χ3v) is 5.13. The Morgan fingerprint density at radius 2 is 2.00 bits per heavy atom. The number of aryl methyl sites for hydroxylation is 1. The van der Waals surface area contributed by atoms with E-state index in [-0.39, 0.29) is 10.1 Å². The molecule has 0 aliphatic carbocycles. The molecule has 0 aliphatic heterocycles. The molecule has 1 atom stereocenters. The van der Waals surface area contributed by atoms with Crippen molar-refractivity contribution in [3.63, 3.8) is 0 Å². The number of carboxylic acids is 1. The number of nitrogens with one attached hydrogen (secondary N) is 1. The molecule has 0 bridgehead atoms. The molecule has 0 saturated heterocycles. The first-order valence-electron chi connectivity index (χ1n) is 5.05. The minimum absolute atomic E-state index is 0.141. The molecule has 0 aromatic carbocycles. The Morgan fingerprint density at radius 1 is 1.41 bits per heavy atom. The topological polar surface area (TPSA) is 83.5 Å². The van der Waals surface area contributed by atoms with Crippen LogP contribution in [0, 0.1) is 12.8 Å². The summed E-state index contributed by atoms with van der Waals surface area (Å²) in [5, 5.41) is 8.94. The zero-order valence-electron chi connectivity index (χ0n) is 9.80. The summed E-state index contributed by atoms with van der Waals surface area (Å²) in [6.45, 7) is 5.10. The molecule has 1 heterocycles. The monoisotopic (exact) mass is 277 g/mol. The Morgan fingerprint density at radius 3 is 2.35 bits per heavy atom. The summed E-state index contributed by atoms with van der Waals surface area (Å²) in [4.78, 5) is 11.8. The minimum Gasteiger partial charge on any atom is -0.480 e. The predicted molar refractivity (Wildman–Crippen MR) is 65.6 cm³/mol. The lowest BCUT2D eigenvalue weighted by atomic mass is 10.1. The van der Waals surface area contributed by atoms with Crippen LogP contribution >= 0.6 is 11.3 Å². The Hall–Kier alpha value is -0.920. The SMILES string of the molecule is Cc1ccc(S(=O)(=O)NC(C(=O)O)C(C)C)s1. The highest BCUT2D eigenvalue weighted by atomic mass is 32.2. The number of carboxylic acid groups (broad SMARTS) is 1. The van der Waals surface area contributed by atoms with Crippen LogP contribution in [0.1, 0.15) is 18.7 Å². The third-order valence-electron chi connectivity index (χ3n) is 2.20. The van der Waals surface area contributed by atoms with Crippen LogP contribution in [0.15, 0.2) is 16.3 Å². The standard InChI is InChI=1S/C10H15NO4S2/c1-6(2)9(10(12)13)11-17(14,15)8-5-4-7(3)16-8/h4-6,9,11H,1-3H3,(H,12,13). The fraction of sp³-hybridized carbons (Fsp3) is 0.500. The normalized spacial score (nSPS) is 13.9. The van der Waals surface area contributed by atoms with E-state index in [4.69, 9.17) is 5.11 Å². The van der Waals surface area contributed by atoms with Crippen LogP contribution in [0.5, 0.6) is 0 Å². The molecule has 1 aromatic heterocycles. The molecule has 17 heavy (non-hydrogen) atoms. The zero-order valence-corrected chi connectivity index (χ0v) is 11.4. The van der Waals surface area contributed by atoms with Gasteiger partial charge in [0.15, 0.2) is 0 Å². The van der Waals surface area contributed by atoms with Gasteiger partial charge in [-0.3, -0.25) is 4.79 Å². The van der Waals surface area contributed by atoms with Crippen LogP contribution in [0.3, 0.4) is 0 Å². The van der Waals surface area contributed by atoms with Gasteiger partial charge in [-0.2, -0.15) is 4.72 Å². The molecule has 2 N–H and O–H groups in total. The van der Waals surface area contributed by atoms with Gasteiger partial charge in [0.2, 0.25) is 0 Å². The van der Waals surface area contributed by atoms with Gasteiger partial charge in [0.1, 0.15) is 10.3 Å². The van der Waals surface area contributed by atoms with Gasteiger partial charge in [-0.25, -0.2) is 8.42 Å².